The van der Waals surface area contributed by atoms with Crippen LogP contribution in [0.25, 0.3) is 0 Å². The maximum Gasteiger partial charge on any atom is 0.232 e. The van der Waals surface area contributed by atoms with Gasteiger partial charge in [0.05, 0.1) is 25.8 Å². The average Bonchev–Trinajstić information content (AvgIpc) is 2.57. The second-order valence-corrected chi connectivity index (χ2v) is 4.93. The van der Waals surface area contributed by atoms with Crippen molar-refractivity contribution in [3.8, 4) is 11.5 Å². The van der Waals surface area contributed by atoms with E-state index in [1.807, 2.05) is 37.3 Å². The zero-order valence-electron chi connectivity index (χ0n) is 13.1. The number of benzene rings is 2. The summed E-state index contributed by atoms with van der Waals surface area (Å²) in [5.74, 6) is 1.03. The molecule has 1 N–H and O–H groups in total. The highest BCUT2D eigenvalue weighted by atomic mass is 16.5. The van der Waals surface area contributed by atoms with Crippen LogP contribution in [0.15, 0.2) is 48.5 Å². The minimum Gasteiger partial charge on any atom is -0.497 e. The van der Waals surface area contributed by atoms with Gasteiger partial charge in [-0.25, -0.2) is 0 Å². The second kappa shape index (κ2) is 7.50. The van der Waals surface area contributed by atoms with Gasteiger partial charge in [-0.1, -0.05) is 37.3 Å². The van der Waals surface area contributed by atoms with Gasteiger partial charge in [-0.3, -0.25) is 4.79 Å². The van der Waals surface area contributed by atoms with Gasteiger partial charge in [-0.05, 0) is 24.1 Å². The third-order valence-electron chi connectivity index (χ3n) is 3.59. The van der Waals surface area contributed by atoms with Gasteiger partial charge in [-0.15, -0.1) is 0 Å². The molecule has 0 spiro atoms. The van der Waals surface area contributed by atoms with Crippen LogP contribution in [0.4, 0.5) is 5.69 Å². The first-order chi connectivity index (χ1) is 10.7. The molecule has 0 aromatic heterocycles. The first kappa shape index (κ1) is 15.9. The second-order valence-electron chi connectivity index (χ2n) is 4.93. The lowest BCUT2D eigenvalue weighted by atomic mass is 9.95. The molecule has 22 heavy (non-hydrogen) atoms. The highest BCUT2D eigenvalue weighted by molar-refractivity contribution is 5.97. The molecule has 116 valence electrons. The SMILES string of the molecule is CC[C@H](C(=O)Nc1ccc(OC)cc1OC)c1ccccc1. The summed E-state index contributed by atoms with van der Waals surface area (Å²) in [7, 11) is 3.16. The van der Waals surface area contributed by atoms with Crippen molar-refractivity contribution in [1.29, 1.82) is 0 Å². The van der Waals surface area contributed by atoms with Crippen LogP contribution >= 0.6 is 0 Å². The maximum atomic E-state index is 12.6. The van der Waals surface area contributed by atoms with E-state index in [0.717, 1.165) is 12.0 Å². The van der Waals surface area contributed by atoms with Gasteiger partial charge in [0.2, 0.25) is 5.91 Å². The third kappa shape index (κ3) is 3.58. The van der Waals surface area contributed by atoms with Gasteiger partial charge in [0.1, 0.15) is 11.5 Å². The van der Waals surface area contributed by atoms with Crippen LogP contribution < -0.4 is 14.8 Å². The Hall–Kier alpha value is -2.49. The van der Waals surface area contributed by atoms with Gasteiger partial charge < -0.3 is 14.8 Å². The summed E-state index contributed by atoms with van der Waals surface area (Å²) in [6.45, 7) is 2.00. The molecule has 2 aromatic rings. The summed E-state index contributed by atoms with van der Waals surface area (Å²) in [5, 5.41) is 2.94. The van der Waals surface area contributed by atoms with Crippen LogP contribution in [0, 0.1) is 0 Å². The summed E-state index contributed by atoms with van der Waals surface area (Å²) < 4.78 is 10.5. The van der Waals surface area contributed by atoms with Gasteiger partial charge in [-0.2, -0.15) is 0 Å². The molecule has 0 aliphatic rings. The molecular formula is C18H21NO3. The Kier molecular flexibility index (Phi) is 5.42. The summed E-state index contributed by atoms with van der Waals surface area (Å²) in [5.41, 5.74) is 1.65. The first-order valence-electron chi connectivity index (χ1n) is 7.27. The van der Waals surface area contributed by atoms with Crippen molar-refractivity contribution in [1.82, 2.24) is 0 Å². The zero-order valence-corrected chi connectivity index (χ0v) is 13.1. The zero-order chi connectivity index (χ0) is 15.9. The number of hydrogen-bond acceptors (Lipinski definition) is 3. The van der Waals surface area contributed by atoms with Crippen molar-refractivity contribution in [3.63, 3.8) is 0 Å². The van der Waals surface area contributed by atoms with E-state index in [2.05, 4.69) is 5.32 Å². The number of hydrogen-bond donors (Lipinski definition) is 1. The minimum absolute atomic E-state index is 0.0443. The third-order valence-corrected chi connectivity index (χ3v) is 3.59. The Labute approximate surface area is 131 Å². The molecule has 0 aliphatic carbocycles. The molecule has 4 heteroatoms. The maximum absolute atomic E-state index is 12.6. The number of rotatable bonds is 6. The number of carbonyl (C=O) groups excluding carboxylic acids is 1. The predicted molar refractivity (Wildman–Crippen MR) is 87.6 cm³/mol. The van der Waals surface area contributed by atoms with Gasteiger partial charge in [0.25, 0.3) is 0 Å². The first-order valence-corrected chi connectivity index (χ1v) is 7.27. The van der Waals surface area contributed by atoms with Crippen LogP contribution in [0.1, 0.15) is 24.8 Å². The Balaban J connectivity index is 2.20. The average molecular weight is 299 g/mol. The molecule has 0 radical (unpaired) electrons. The predicted octanol–water partition coefficient (Wildman–Crippen LogP) is 3.84. The van der Waals surface area contributed by atoms with E-state index in [4.69, 9.17) is 9.47 Å². The van der Waals surface area contributed by atoms with Gasteiger partial charge >= 0.3 is 0 Å². The fraction of sp³-hybridized carbons (Fsp3) is 0.278. The van der Waals surface area contributed by atoms with E-state index in [0.29, 0.717) is 17.2 Å². The topological polar surface area (TPSA) is 47.6 Å². The number of ether oxygens (including phenoxy) is 2. The van der Waals surface area contributed by atoms with Crippen LogP contribution in [-0.4, -0.2) is 20.1 Å². The highest BCUT2D eigenvalue weighted by Crippen LogP contribution is 2.30. The van der Waals surface area contributed by atoms with E-state index in [1.165, 1.54) is 0 Å². The van der Waals surface area contributed by atoms with Crippen molar-refractivity contribution in [2.75, 3.05) is 19.5 Å². The standard InChI is InChI=1S/C18H21NO3/c1-4-15(13-8-6-5-7-9-13)18(20)19-16-11-10-14(21-2)12-17(16)22-3/h5-12,15H,4H2,1-3H3,(H,19,20)/t15-/m0/s1. The molecular weight excluding hydrogens is 278 g/mol. The summed E-state index contributed by atoms with van der Waals surface area (Å²) in [4.78, 5) is 12.6. The minimum atomic E-state index is -0.187. The molecule has 0 saturated heterocycles. The van der Waals surface area contributed by atoms with Crippen LogP contribution in [-0.2, 0) is 4.79 Å². The van der Waals surface area contributed by atoms with E-state index in [9.17, 15) is 4.79 Å². The summed E-state index contributed by atoms with van der Waals surface area (Å²) in [6.07, 6.45) is 0.730. The molecule has 4 nitrogen and oxygen atoms in total. The Morgan fingerprint density at radius 2 is 1.82 bits per heavy atom. The smallest absolute Gasteiger partial charge is 0.232 e. The van der Waals surface area contributed by atoms with Crippen molar-refractivity contribution in [3.05, 3.63) is 54.1 Å². The number of carbonyl (C=O) groups is 1. The highest BCUT2D eigenvalue weighted by Gasteiger charge is 2.19. The molecule has 0 unspecified atom stereocenters. The molecule has 0 heterocycles. The summed E-state index contributed by atoms with van der Waals surface area (Å²) >= 11 is 0. The molecule has 2 aromatic carbocycles. The lowest BCUT2D eigenvalue weighted by molar-refractivity contribution is -0.117. The van der Waals surface area contributed by atoms with Gasteiger partial charge in [0.15, 0.2) is 0 Å². The van der Waals surface area contributed by atoms with E-state index >= 15 is 0 Å². The normalized spacial score (nSPS) is 11.6. The number of methoxy groups -OCH3 is 2. The van der Waals surface area contributed by atoms with Crippen LogP contribution in [0.2, 0.25) is 0 Å². The van der Waals surface area contributed by atoms with Crippen molar-refractivity contribution < 1.29 is 14.3 Å². The lowest BCUT2D eigenvalue weighted by Crippen LogP contribution is -2.21. The van der Waals surface area contributed by atoms with Crippen LogP contribution in [0.5, 0.6) is 11.5 Å². The monoisotopic (exact) mass is 299 g/mol. The molecule has 1 amide bonds. The van der Waals surface area contributed by atoms with Crippen molar-refractivity contribution in [2.24, 2.45) is 0 Å². The molecule has 0 aliphatic heterocycles. The van der Waals surface area contributed by atoms with E-state index in [1.54, 1.807) is 32.4 Å². The van der Waals surface area contributed by atoms with E-state index in [-0.39, 0.29) is 11.8 Å². The molecule has 2 rings (SSSR count). The fourth-order valence-electron chi connectivity index (χ4n) is 2.38. The number of nitrogens with one attached hydrogen (secondary N) is 1. The summed E-state index contributed by atoms with van der Waals surface area (Å²) in [6, 6.07) is 15.1. The number of anilines is 1. The quantitative estimate of drug-likeness (QED) is 0.881. The molecule has 0 fully saturated rings. The fourth-order valence-corrected chi connectivity index (χ4v) is 2.38. The lowest BCUT2D eigenvalue weighted by Gasteiger charge is -2.17. The Morgan fingerprint density at radius 3 is 2.41 bits per heavy atom. The Morgan fingerprint density at radius 1 is 1.09 bits per heavy atom. The molecule has 1 atom stereocenters. The Bertz CT molecular complexity index is 625. The largest absolute Gasteiger partial charge is 0.497 e. The van der Waals surface area contributed by atoms with Crippen molar-refractivity contribution in [2.45, 2.75) is 19.3 Å². The van der Waals surface area contributed by atoms with Gasteiger partial charge in [0, 0.05) is 6.07 Å². The molecule has 0 saturated carbocycles. The van der Waals surface area contributed by atoms with Crippen LogP contribution in [0.3, 0.4) is 0 Å². The molecule has 0 bridgehead atoms. The van der Waals surface area contributed by atoms with Crippen molar-refractivity contribution >= 4 is 11.6 Å². The van der Waals surface area contributed by atoms with E-state index < -0.39 is 0 Å². The number of amides is 1.